The summed E-state index contributed by atoms with van der Waals surface area (Å²) in [5.74, 6) is 3.00. The molecule has 0 aliphatic carbocycles. The zero-order chi connectivity index (χ0) is 17.6. The van der Waals surface area contributed by atoms with Crippen molar-refractivity contribution in [1.29, 1.82) is 0 Å². The fourth-order valence-electron chi connectivity index (χ4n) is 2.42. The van der Waals surface area contributed by atoms with E-state index in [2.05, 4.69) is 34.4 Å². The van der Waals surface area contributed by atoms with E-state index < -0.39 is 0 Å². The molecule has 0 radical (unpaired) electrons. The highest BCUT2D eigenvalue weighted by Crippen LogP contribution is 2.24. The molecule has 5 nitrogen and oxygen atoms in total. The first-order chi connectivity index (χ1) is 12.1. The first-order valence-corrected chi connectivity index (χ1v) is 8.26. The van der Waals surface area contributed by atoms with Gasteiger partial charge in [-0.15, -0.1) is 0 Å². The lowest BCUT2D eigenvalue weighted by atomic mass is 10.2. The van der Waals surface area contributed by atoms with Crippen LogP contribution in [0.3, 0.4) is 0 Å². The van der Waals surface area contributed by atoms with Gasteiger partial charge >= 0.3 is 0 Å². The summed E-state index contributed by atoms with van der Waals surface area (Å²) in [4.78, 5) is 9.30. The van der Waals surface area contributed by atoms with Crippen LogP contribution in [0.2, 0.25) is 0 Å². The summed E-state index contributed by atoms with van der Waals surface area (Å²) in [6.07, 6.45) is 0. The van der Waals surface area contributed by atoms with Gasteiger partial charge in [0, 0.05) is 23.4 Å². The van der Waals surface area contributed by atoms with Crippen LogP contribution in [0.25, 0.3) is 11.4 Å². The van der Waals surface area contributed by atoms with Crippen LogP contribution in [-0.4, -0.2) is 23.1 Å². The molecule has 0 aliphatic rings. The second-order valence-corrected chi connectivity index (χ2v) is 5.98. The summed E-state index contributed by atoms with van der Waals surface area (Å²) < 4.78 is 5.22. The molecule has 0 bridgehead atoms. The Balaban J connectivity index is 1.96. The number of para-hydroxylation sites is 1. The van der Waals surface area contributed by atoms with Crippen molar-refractivity contribution in [2.45, 2.75) is 19.9 Å². The van der Waals surface area contributed by atoms with E-state index in [0.717, 1.165) is 28.6 Å². The van der Waals surface area contributed by atoms with Gasteiger partial charge in [0.15, 0.2) is 5.82 Å². The molecule has 1 heterocycles. The highest BCUT2D eigenvalue weighted by Gasteiger charge is 2.09. The summed E-state index contributed by atoms with van der Waals surface area (Å²) in [5.41, 5.74) is 1.92. The van der Waals surface area contributed by atoms with Crippen molar-refractivity contribution in [2.75, 3.05) is 17.7 Å². The SMILES string of the molecule is COc1ccc(-c2nc(Nc3ccccc3)cc(NC(C)C)n2)cc1. The standard InChI is InChI=1S/C20H22N4O/c1-14(2)21-18-13-19(22-16-7-5-4-6-8-16)24-20(23-18)15-9-11-17(25-3)12-10-15/h4-14H,1-3H3,(H2,21,22,23,24). The van der Waals surface area contributed by atoms with E-state index in [9.17, 15) is 0 Å². The molecular weight excluding hydrogens is 312 g/mol. The minimum absolute atomic E-state index is 0.281. The largest absolute Gasteiger partial charge is 0.497 e. The van der Waals surface area contributed by atoms with Crippen LogP contribution in [0.15, 0.2) is 60.7 Å². The number of benzene rings is 2. The van der Waals surface area contributed by atoms with E-state index in [1.54, 1.807) is 7.11 Å². The lowest BCUT2D eigenvalue weighted by Gasteiger charge is -2.13. The Kier molecular flexibility index (Phi) is 5.14. The lowest BCUT2D eigenvalue weighted by molar-refractivity contribution is 0.415. The van der Waals surface area contributed by atoms with Gasteiger partial charge in [-0.25, -0.2) is 9.97 Å². The van der Waals surface area contributed by atoms with Gasteiger partial charge in [0.1, 0.15) is 17.4 Å². The van der Waals surface area contributed by atoms with Crippen molar-refractivity contribution in [3.05, 3.63) is 60.7 Å². The number of anilines is 3. The van der Waals surface area contributed by atoms with Crippen LogP contribution in [0.1, 0.15) is 13.8 Å². The topological polar surface area (TPSA) is 59.1 Å². The number of hydrogen-bond acceptors (Lipinski definition) is 5. The Morgan fingerprint density at radius 3 is 2.20 bits per heavy atom. The average molecular weight is 334 g/mol. The summed E-state index contributed by atoms with van der Waals surface area (Å²) in [7, 11) is 1.65. The molecular formula is C20H22N4O. The highest BCUT2D eigenvalue weighted by molar-refractivity contribution is 5.65. The van der Waals surface area contributed by atoms with Crippen LogP contribution in [0.5, 0.6) is 5.75 Å². The van der Waals surface area contributed by atoms with Gasteiger partial charge in [0.2, 0.25) is 0 Å². The van der Waals surface area contributed by atoms with Crippen LogP contribution in [-0.2, 0) is 0 Å². The van der Waals surface area contributed by atoms with Crippen LogP contribution in [0, 0.1) is 0 Å². The number of nitrogens with one attached hydrogen (secondary N) is 2. The maximum atomic E-state index is 5.22. The summed E-state index contributed by atoms with van der Waals surface area (Å²) in [6, 6.07) is 19.9. The van der Waals surface area contributed by atoms with Crippen molar-refractivity contribution in [2.24, 2.45) is 0 Å². The molecule has 5 heteroatoms. The number of methoxy groups -OCH3 is 1. The Morgan fingerprint density at radius 2 is 1.56 bits per heavy atom. The Morgan fingerprint density at radius 1 is 0.880 bits per heavy atom. The Bertz CT molecular complexity index is 817. The number of hydrogen-bond donors (Lipinski definition) is 2. The molecule has 128 valence electrons. The van der Waals surface area contributed by atoms with Gasteiger partial charge in [-0.1, -0.05) is 18.2 Å². The molecule has 0 atom stereocenters. The van der Waals surface area contributed by atoms with Crippen molar-refractivity contribution in [3.63, 3.8) is 0 Å². The van der Waals surface area contributed by atoms with Crippen molar-refractivity contribution >= 4 is 17.3 Å². The fraction of sp³-hybridized carbons (Fsp3) is 0.200. The van der Waals surface area contributed by atoms with Gasteiger partial charge in [0.25, 0.3) is 0 Å². The zero-order valence-corrected chi connectivity index (χ0v) is 14.7. The predicted octanol–water partition coefficient (Wildman–Crippen LogP) is 4.72. The van der Waals surface area contributed by atoms with Crippen molar-refractivity contribution in [3.8, 4) is 17.1 Å². The quantitative estimate of drug-likeness (QED) is 0.683. The number of rotatable bonds is 6. The molecule has 0 amide bonds. The third-order valence-corrected chi connectivity index (χ3v) is 3.56. The zero-order valence-electron chi connectivity index (χ0n) is 14.7. The van der Waals surface area contributed by atoms with E-state index in [4.69, 9.17) is 4.74 Å². The first kappa shape index (κ1) is 16.8. The molecule has 3 rings (SSSR count). The maximum absolute atomic E-state index is 5.22. The third-order valence-electron chi connectivity index (χ3n) is 3.56. The van der Waals surface area contributed by atoms with Gasteiger partial charge < -0.3 is 15.4 Å². The van der Waals surface area contributed by atoms with E-state index >= 15 is 0 Å². The first-order valence-electron chi connectivity index (χ1n) is 8.26. The highest BCUT2D eigenvalue weighted by atomic mass is 16.5. The third kappa shape index (κ3) is 4.47. The van der Waals surface area contributed by atoms with E-state index in [-0.39, 0.29) is 6.04 Å². The molecule has 0 aliphatic heterocycles. The minimum Gasteiger partial charge on any atom is -0.497 e. The maximum Gasteiger partial charge on any atom is 0.163 e. The van der Waals surface area contributed by atoms with Gasteiger partial charge in [-0.05, 0) is 50.2 Å². The lowest BCUT2D eigenvalue weighted by Crippen LogP contribution is -2.12. The molecule has 0 spiro atoms. The van der Waals surface area contributed by atoms with Crippen LogP contribution in [0.4, 0.5) is 17.3 Å². The molecule has 1 aromatic heterocycles. The average Bonchev–Trinajstić information content (AvgIpc) is 2.62. The molecule has 0 fully saturated rings. The van der Waals surface area contributed by atoms with Crippen molar-refractivity contribution in [1.82, 2.24) is 9.97 Å². The van der Waals surface area contributed by atoms with E-state index in [1.807, 2.05) is 60.7 Å². The summed E-state index contributed by atoms with van der Waals surface area (Å²) >= 11 is 0. The predicted molar refractivity (Wildman–Crippen MR) is 103 cm³/mol. The molecule has 3 aromatic rings. The monoisotopic (exact) mass is 334 g/mol. The van der Waals surface area contributed by atoms with E-state index in [1.165, 1.54) is 0 Å². The summed E-state index contributed by atoms with van der Waals surface area (Å²) in [6.45, 7) is 4.17. The molecule has 0 saturated heterocycles. The normalized spacial score (nSPS) is 10.6. The van der Waals surface area contributed by atoms with Gasteiger partial charge in [-0.2, -0.15) is 0 Å². The van der Waals surface area contributed by atoms with Gasteiger partial charge in [0.05, 0.1) is 7.11 Å². The summed E-state index contributed by atoms with van der Waals surface area (Å²) in [5, 5.41) is 6.68. The number of aromatic nitrogens is 2. The molecule has 25 heavy (non-hydrogen) atoms. The second-order valence-electron chi connectivity index (χ2n) is 5.98. The second kappa shape index (κ2) is 7.66. The fourth-order valence-corrected chi connectivity index (χ4v) is 2.42. The number of nitrogens with zero attached hydrogens (tertiary/aromatic N) is 2. The molecule has 0 saturated carbocycles. The molecule has 0 unspecified atom stereocenters. The molecule has 2 aromatic carbocycles. The van der Waals surface area contributed by atoms with E-state index in [0.29, 0.717) is 5.82 Å². The minimum atomic E-state index is 0.281. The Hall–Kier alpha value is -3.08. The van der Waals surface area contributed by atoms with Crippen molar-refractivity contribution < 1.29 is 4.74 Å². The van der Waals surface area contributed by atoms with Crippen LogP contribution >= 0.6 is 0 Å². The van der Waals surface area contributed by atoms with Crippen LogP contribution < -0.4 is 15.4 Å². The van der Waals surface area contributed by atoms with Gasteiger partial charge in [-0.3, -0.25) is 0 Å². The smallest absolute Gasteiger partial charge is 0.163 e. The Labute approximate surface area is 148 Å². The molecule has 2 N–H and O–H groups in total. The number of ether oxygens (including phenoxy) is 1.